The molecule has 1 rings (SSSR count). The molecule has 3 N–H and O–H groups in total. The highest BCUT2D eigenvalue weighted by Crippen LogP contribution is 2.40. The van der Waals surface area contributed by atoms with Gasteiger partial charge in [0.1, 0.15) is 5.75 Å². The Morgan fingerprint density at radius 3 is 2.44 bits per heavy atom. The minimum atomic E-state index is -0.701. The Morgan fingerprint density at radius 1 is 1.44 bits per heavy atom. The van der Waals surface area contributed by atoms with Gasteiger partial charge in [-0.3, -0.25) is 14.9 Å². The van der Waals surface area contributed by atoms with Crippen LogP contribution >= 0.6 is 15.9 Å². The molecule has 0 aliphatic heterocycles. The third-order valence-corrected chi connectivity index (χ3v) is 3.47. The molecule has 0 spiro atoms. The fraction of sp³-hybridized carbons (Fsp3) is 0.182. The summed E-state index contributed by atoms with van der Waals surface area (Å²) in [7, 11) is 0. The van der Waals surface area contributed by atoms with Crippen LogP contribution in [0.4, 0.5) is 5.69 Å². The quantitative estimate of drug-likeness (QED) is 0.506. The Labute approximate surface area is 111 Å². The molecule has 0 aromatic heterocycles. The van der Waals surface area contributed by atoms with Gasteiger partial charge in [-0.05, 0) is 35.9 Å². The van der Waals surface area contributed by atoms with Gasteiger partial charge in [-0.1, -0.05) is 0 Å². The molecule has 6 nitrogen and oxygen atoms in total. The average molecular weight is 315 g/mol. The number of phenols is 1. The van der Waals surface area contributed by atoms with Crippen molar-refractivity contribution in [2.24, 2.45) is 5.73 Å². The van der Waals surface area contributed by atoms with E-state index in [1.165, 1.54) is 19.9 Å². The third-order valence-electron chi connectivity index (χ3n) is 2.50. The maximum absolute atomic E-state index is 11.0. The van der Waals surface area contributed by atoms with Crippen molar-refractivity contribution in [1.82, 2.24) is 0 Å². The molecular weight excluding hydrogens is 304 g/mol. The second kappa shape index (κ2) is 5.18. The van der Waals surface area contributed by atoms with Gasteiger partial charge in [0.25, 0.3) is 5.69 Å². The Balaban J connectivity index is 3.62. The molecule has 1 amide bonds. The van der Waals surface area contributed by atoms with Crippen LogP contribution in [0.5, 0.6) is 5.75 Å². The second-order valence-electron chi connectivity index (χ2n) is 3.67. The lowest BCUT2D eigenvalue weighted by Gasteiger charge is -2.10. The first-order valence-corrected chi connectivity index (χ1v) is 5.70. The smallest absolute Gasteiger partial charge is 0.277 e. The van der Waals surface area contributed by atoms with Gasteiger partial charge < -0.3 is 10.8 Å². The van der Waals surface area contributed by atoms with Crippen LogP contribution in [0.15, 0.2) is 10.5 Å². The number of carbonyl (C=O) groups excluding carboxylic acids is 1. The molecule has 0 aliphatic rings. The molecule has 0 saturated heterocycles. The standard InChI is InChI=1S/C11H11BrN2O4/c1-5-7(3-4-8(13)15)11(16)9(12)6(2)10(5)14(17)18/h3-4,16H,1-2H3,(H2,13,15)/b4-3+. The molecule has 0 bridgehead atoms. The summed E-state index contributed by atoms with van der Waals surface area (Å²) in [4.78, 5) is 21.1. The molecule has 96 valence electrons. The van der Waals surface area contributed by atoms with Crippen LogP contribution in [0.2, 0.25) is 0 Å². The second-order valence-corrected chi connectivity index (χ2v) is 4.46. The molecule has 0 radical (unpaired) electrons. The van der Waals surface area contributed by atoms with Crippen LogP contribution in [0.25, 0.3) is 6.08 Å². The number of amides is 1. The Kier molecular flexibility index (Phi) is 4.07. The summed E-state index contributed by atoms with van der Waals surface area (Å²) in [6, 6.07) is 0. The third kappa shape index (κ3) is 2.51. The minimum absolute atomic E-state index is 0.108. The summed E-state index contributed by atoms with van der Waals surface area (Å²) < 4.78 is 0.226. The van der Waals surface area contributed by atoms with Crippen molar-refractivity contribution in [3.63, 3.8) is 0 Å². The molecule has 0 aliphatic carbocycles. The number of nitrogens with zero attached hydrogens (tertiary/aromatic N) is 1. The van der Waals surface area contributed by atoms with Gasteiger partial charge in [-0.2, -0.15) is 0 Å². The van der Waals surface area contributed by atoms with Gasteiger partial charge in [0, 0.05) is 22.8 Å². The lowest BCUT2D eigenvalue weighted by Crippen LogP contribution is -2.05. The molecule has 0 unspecified atom stereocenters. The first-order chi connectivity index (χ1) is 8.27. The molecule has 0 saturated carbocycles. The lowest BCUT2D eigenvalue weighted by molar-refractivity contribution is -0.386. The molecule has 0 fully saturated rings. The number of nitro groups is 1. The first kappa shape index (κ1) is 14.2. The number of hydrogen-bond donors (Lipinski definition) is 2. The number of halogens is 1. The molecular formula is C11H11BrN2O4. The molecule has 0 heterocycles. The largest absolute Gasteiger partial charge is 0.506 e. The van der Waals surface area contributed by atoms with E-state index in [9.17, 15) is 20.0 Å². The topological polar surface area (TPSA) is 106 Å². The van der Waals surface area contributed by atoms with Crippen LogP contribution < -0.4 is 5.73 Å². The van der Waals surface area contributed by atoms with Crippen molar-refractivity contribution in [3.05, 3.63) is 37.4 Å². The highest BCUT2D eigenvalue weighted by molar-refractivity contribution is 9.10. The van der Waals surface area contributed by atoms with E-state index in [0.29, 0.717) is 5.56 Å². The van der Waals surface area contributed by atoms with E-state index in [1.807, 2.05) is 0 Å². The highest BCUT2D eigenvalue weighted by atomic mass is 79.9. The summed E-state index contributed by atoms with van der Waals surface area (Å²) in [5, 5.41) is 20.9. The fourth-order valence-electron chi connectivity index (χ4n) is 1.63. The van der Waals surface area contributed by atoms with Gasteiger partial charge in [0.05, 0.1) is 9.40 Å². The van der Waals surface area contributed by atoms with Crippen LogP contribution in [-0.2, 0) is 4.79 Å². The van der Waals surface area contributed by atoms with Crippen molar-refractivity contribution >= 4 is 33.6 Å². The monoisotopic (exact) mass is 314 g/mol. The number of nitrogens with two attached hydrogens (primary N) is 1. The predicted molar refractivity (Wildman–Crippen MR) is 70.2 cm³/mol. The summed E-state index contributed by atoms with van der Waals surface area (Å²) in [5.41, 5.74) is 5.64. The van der Waals surface area contributed by atoms with Crippen molar-refractivity contribution < 1.29 is 14.8 Å². The van der Waals surface area contributed by atoms with E-state index < -0.39 is 10.8 Å². The van der Waals surface area contributed by atoms with Crippen LogP contribution in [0.3, 0.4) is 0 Å². The average Bonchev–Trinajstić information content (AvgIpc) is 2.25. The maximum atomic E-state index is 11.0. The molecule has 18 heavy (non-hydrogen) atoms. The zero-order valence-electron chi connectivity index (χ0n) is 9.73. The van der Waals surface area contributed by atoms with Crippen LogP contribution in [0.1, 0.15) is 16.7 Å². The van der Waals surface area contributed by atoms with Gasteiger partial charge >= 0.3 is 0 Å². The number of phenolic OH excluding ortho intramolecular Hbond substituents is 1. The number of hydrogen-bond acceptors (Lipinski definition) is 4. The first-order valence-electron chi connectivity index (χ1n) is 4.90. The lowest BCUT2D eigenvalue weighted by atomic mass is 10.0. The van der Waals surface area contributed by atoms with E-state index in [-0.39, 0.29) is 27.0 Å². The van der Waals surface area contributed by atoms with E-state index >= 15 is 0 Å². The van der Waals surface area contributed by atoms with Crippen LogP contribution in [-0.4, -0.2) is 15.9 Å². The van der Waals surface area contributed by atoms with Gasteiger partial charge in [-0.15, -0.1) is 0 Å². The van der Waals surface area contributed by atoms with Gasteiger partial charge in [-0.25, -0.2) is 0 Å². The highest BCUT2D eigenvalue weighted by Gasteiger charge is 2.23. The van der Waals surface area contributed by atoms with Crippen molar-refractivity contribution in [2.75, 3.05) is 0 Å². The van der Waals surface area contributed by atoms with Gasteiger partial charge in [0.15, 0.2) is 0 Å². The minimum Gasteiger partial charge on any atom is -0.506 e. The fourth-order valence-corrected chi connectivity index (χ4v) is 2.03. The predicted octanol–water partition coefficient (Wildman–Crippen LogP) is 2.18. The van der Waals surface area contributed by atoms with Gasteiger partial charge in [0.2, 0.25) is 5.91 Å². The molecule has 7 heteroatoms. The number of nitro benzene ring substituents is 1. The summed E-state index contributed by atoms with van der Waals surface area (Å²) >= 11 is 3.09. The normalized spacial score (nSPS) is 10.8. The van der Waals surface area contributed by atoms with Crippen molar-refractivity contribution in [2.45, 2.75) is 13.8 Å². The van der Waals surface area contributed by atoms with E-state index in [4.69, 9.17) is 5.73 Å². The number of rotatable bonds is 3. The zero-order chi connectivity index (χ0) is 14.0. The molecule has 1 aromatic carbocycles. The van der Waals surface area contributed by atoms with Crippen molar-refractivity contribution in [3.8, 4) is 5.75 Å². The molecule has 1 aromatic rings. The Bertz CT molecular complexity index is 567. The Morgan fingerprint density at radius 2 is 2.00 bits per heavy atom. The van der Waals surface area contributed by atoms with Crippen molar-refractivity contribution in [1.29, 1.82) is 0 Å². The number of benzene rings is 1. The number of primary amides is 1. The summed E-state index contributed by atoms with van der Waals surface area (Å²) in [5.74, 6) is -0.860. The van der Waals surface area contributed by atoms with E-state index in [2.05, 4.69) is 15.9 Å². The van der Waals surface area contributed by atoms with E-state index in [0.717, 1.165) is 6.08 Å². The molecule has 0 atom stereocenters. The zero-order valence-corrected chi connectivity index (χ0v) is 11.3. The number of carbonyl (C=O) groups is 1. The summed E-state index contributed by atoms with van der Waals surface area (Å²) in [6.45, 7) is 3.02. The van der Waals surface area contributed by atoms with Crippen LogP contribution in [0, 0.1) is 24.0 Å². The van der Waals surface area contributed by atoms with E-state index in [1.54, 1.807) is 0 Å². The SMILES string of the molecule is Cc1c(Br)c(O)c(/C=C/C(N)=O)c(C)c1[N+](=O)[O-]. The summed E-state index contributed by atoms with van der Waals surface area (Å²) in [6.07, 6.45) is 2.29. The number of aromatic hydroxyl groups is 1. The Hall–Kier alpha value is -1.89. The maximum Gasteiger partial charge on any atom is 0.277 e.